The van der Waals surface area contributed by atoms with Crippen LogP contribution in [-0.4, -0.2) is 49.5 Å². The second-order valence-corrected chi connectivity index (χ2v) is 16.5. The molecule has 31 heavy (non-hydrogen) atoms. The predicted octanol–water partition coefficient (Wildman–Crippen LogP) is 5.91. The van der Waals surface area contributed by atoms with Crippen molar-refractivity contribution in [2.24, 2.45) is 0 Å². The predicted molar refractivity (Wildman–Crippen MR) is 131 cm³/mol. The number of anilines is 1. The molecule has 1 aromatic carbocycles. The van der Waals surface area contributed by atoms with Crippen molar-refractivity contribution in [2.45, 2.75) is 83.8 Å². The fraction of sp³-hybridized carbons (Fsp3) is 0.636. The van der Waals surface area contributed by atoms with E-state index in [1.807, 2.05) is 0 Å². The largest absolute Gasteiger partial charge is 0.444 e. The van der Waals surface area contributed by atoms with Crippen molar-refractivity contribution in [3.05, 3.63) is 27.8 Å². The molecule has 2 atom stereocenters. The molecule has 1 aliphatic rings. The molecule has 6 nitrogen and oxygen atoms in total. The molecule has 0 aliphatic carbocycles. The van der Waals surface area contributed by atoms with Crippen LogP contribution in [0.3, 0.4) is 0 Å². The zero-order chi connectivity index (χ0) is 23.8. The van der Waals surface area contributed by atoms with Crippen LogP contribution in [0, 0.1) is 3.57 Å². The number of nitrogens with zero attached hydrogens (tertiary/aromatic N) is 2. The van der Waals surface area contributed by atoms with Crippen molar-refractivity contribution >= 4 is 48.6 Å². The van der Waals surface area contributed by atoms with Gasteiger partial charge in [0.2, 0.25) is 0 Å². The maximum Gasteiger partial charge on any atom is 0.411 e. The first kappa shape index (κ1) is 26.1. The second kappa shape index (κ2) is 9.34. The van der Waals surface area contributed by atoms with Gasteiger partial charge in [0, 0.05) is 16.5 Å². The van der Waals surface area contributed by atoms with E-state index in [0.29, 0.717) is 0 Å². The monoisotopic (exact) mass is 564 g/mol. The summed E-state index contributed by atoms with van der Waals surface area (Å²) < 4.78 is 27.9. The van der Waals surface area contributed by atoms with Crippen molar-refractivity contribution in [3.8, 4) is 0 Å². The number of halogens is 2. The second-order valence-electron chi connectivity index (χ2n) is 10.5. The third-order valence-corrected chi connectivity index (χ3v) is 10.9. The summed E-state index contributed by atoms with van der Waals surface area (Å²) in [5.41, 5.74) is -0.600. The molecule has 2 amide bonds. The molecule has 2 unspecified atom stereocenters. The van der Waals surface area contributed by atoms with Gasteiger partial charge in [0.25, 0.3) is 5.91 Å². The minimum Gasteiger partial charge on any atom is -0.444 e. The Kier molecular flexibility index (Phi) is 7.85. The lowest BCUT2D eigenvalue weighted by Crippen LogP contribution is -2.47. The van der Waals surface area contributed by atoms with Crippen LogP contribution in [0.25, 0.3) is 0 Å². The number of carbonyl (C=O) groups excluding carboxylic acids is 2. The minimum atomic E-state index is -2.14. The Bertz CT molecular complexity index is 805. The van der Waals surface area contributed by atoms with Crippen molar-refractivity contribution in [2.75, 3.05) is 11.7 Å². The van der Waals surface area contributed by atoms with Gasteiger partial charge in [-0.25, -0.2) is 4.79 Å². The molecular weight excluding hydrogens is 530 g/mol. The number of amides is 2. The number of likely N-dealkylation sites (tertiary alicyclic amines) is 1. The number of hydrogen-bond donors (Lipinski definition) is 0. The first-order valence-corrected chi connectivity index (χ1v) is 14.4. The van der Waals surface area contributed by atoms with Gasteiger partial charge in [-0.1, -0.05) is 25.3 Å². The highest BCUT2D eigenvalue weighted by atomic mass is 127. The molecule has 9 heteroatoms. The number of ether oxygens (including phenoxy) is 1. The molecule has 174 valence electrons. The summed E-state index contributed by atoms with van der Waals surface area (Å²) in [5.74, 6) is -0.798. The van der Waals surface area contributed by atoms with E-state index >= 15 is 4.48 Å². The Balaban J connectivity index is 2.28. The van der Waals surface area contributed by atoms with E-state index in [0.717, 1.165) is 3.57 Å². The molecule has 0 aromatic heterocycles. The van der Waals surface area contributed by atoms with E-state index in [4.69, 9.17) is 9.16 Å². The zero-order valence-electron chi connectivity index (χ0n) is 19.7. The lowest BCUT2D eigenvalue weighted by atomic mass is 10.1. The van der Waals surface area contributed by atoms with E-state index in [9.17, 15) is 9.59 Å². The normalized spacial score (nSPS) is 20.0. The van der Waals surface area contributed by atoms with Crippen molar-refractivity contribution in [3.63, 3.8) is 0 Å². The van der Waals surface area contributed by atoms with Crippen LogP contribution >= 0.6 is 22.6 Å². The van der Waals surface area contributed by atoms with Gasteiger partial charge < -0.3 is 9.16 Å². The summed E-state index contributed by atoms with van der Waals surface area (Å²) in [4.78, 5) is 27.2. The highest BCUT2D eigenvalue weighted by Crippen LogP contribution is 2.39. The molecule has 0 saturated carbocycles. The maximum atomic E-state index is 15.0. The van der Waals surface area contributed by atoms with Crippen molar-refractivity contribution in [1.82, 2.24) is 4.90 Å². The van der Waals surface area contributed by atoms with Crippen LogP contribution < -0.4 is 5.12 Å². The van der Waals surface area contributed by atoms with Gasteiger partial charge in [-0.2, -0.15) is 0 Å². The quantitative estimate of drug-likeness (QED) is 0.259. The molecule has 2 rings (SSSR count). The molecule has 1 saturated heterocycles. The summed E-state index contributed by atoms with van der Waals surface area (Å²) >= 11 is 2.11. The minimum absolute atomic E-state index is 0.0286. The molecule has 1 aliphatic heterocycles. The first-order valence-electron chi connectivity index (χ1n) is 10.4. The standard InChI is InChI=1S/C22H34FIN2O4Si/c1-21(2,3)29-20(28)25-14-17(30-31(7,8)22(4,5)6)13-18(25)19(27)26(23)16-11-9-15(24)10-12-16/h9-12,17-18H,13-14H2,1-8H3. The van der Waals surface area contributed by atoms with E-state index in [1.54, 1.807) is 32.9 Å². The van der Waals surface area contributed by atoms with Crippen LogP contribution in [-0.2, 0) is 14.0 Å². The molecule has 0 N–H and O–H groups in total. The van der Waals surface area contributed by atoms with E-state index < -0.39 is 32.0 Å². The topological polar surface area (TPSA) is 59.1 Å². The molecular formula is C22H34FIN2O4Si. The fourth-order valence-electron chi connectivity index (χ4n) is 3.06. The molecule has 1 fully saturated rings. The van der Waals surface area contributed by atoms with Crippen LogP contribution in [0.15, 0.2) is 24.3 Å². The average Bonchev–Trinajstić information content (AvgIpc) is 3.02. The van der Waals surface area contributed by atoms with Crippen molar-refractivity contribution < 1.29 is 23.2 Å². The van der Waals surface area contributed by atoms with Crippen LogP contribution in [0.1, 0.15) is 48.0 Å². The maximum absolute atomic E-state index is 15.0. The van der Waals surface area contributed by atoms with E-state index in [2.05, 4.69) is 56.5 Å². The fourth-order valence-corrected chi connectivity index (χ4v) is 4.78. The average molecular weight is 565 g/mol. The SMILES string of the molecule is CC(C)(C)OC(=O)N1CC(O[Si](C)(C)C(C)(C)C)CC1C(=O)N(F)c1ccc(I)cc1. The summed E-state index contributed by atoms with van der Waals surface area (Å²) in [7, 11) is -2.14. The van der Waals surface area contributed by atoms with Crippen LogP contribution in [0.4, 0.5) is 15.0 Å². The van der Waals surface area contributed by atoms with Gasteiger partial charge in [0.1, 0.15) is 11.6 Å². The third-order valence-electron chi connectivity index (χ3n) is 5.69. The number of benzene rings is 1. The summed E-state index contributed by atoms with van der Waals surface area (Å²) in [6.45, 7) is 16.1. The Hall–Kier alpha value is -1.20. The lowest BCUT2D eigenvalue weighted by molar-refractivity contribution is -0.125. The van der Waals surface area contributed by atoms with Gasteiger partial charge in [0.15, 0.2) is 8.32 Å². The Morgan fingerprint density at radius 2 is 1.68 bits per heavy atom. The zero-order valence-corrected chi connectivity index (χ0v) is 22.8. The van der Waals surface area contributed by atoms with E-state index in [-0.39, 0.29) is 34.9 Å². The summed E-state index contributed by atoms with van der Waals surface area (Å²) in [6.07, 6.45) is -0.759. The highest BCUT2D eigenvalue weighted by molar-refractivity contribution is 14.1. The van der Waals surface area contributed by atoms with E-state index in [1.165, 1.54) is 17.0 Å². The Morgan fingerprint density at radius 1 is 1.13 bits per heavy atom. The Labute approximate surface area is 199 Å². The number of carbonyl (C=O) groups is 2. The summed E-state index contributed by atoms with van der Waals surface area (Å²) in [6, 6.07) is 5.53. The van der Waals surface area contributed by atoms with Crippen molar-refractivity contribution in [1.29, 1.82) is 0 Å². The third kappa shape index (κ3) is 6.64. The lowest BCUT2D eigenvalue weighted by Gasteiger charge is -2.38. The van der Waals surface area contributed by atoms with Crippen LogP contribution in [0.5, 0.6) is 0 Å². The van der Waals surface area contributed by atoms with Gasteiger partial charge >= 0.3 is 6.09 Å². The van der Waals surface area contributed by atoms with Gasteiger partial charge in [0.05, 0.1) is 11.8 Å². The summed E-state index contributed by atoms with van der Waals surface area (Å²) in [5, 5.41) is 0.0893. The molecule has 1 heterocycles. The number of hydrogen-bond acceptors (Lipinski definition) is 4. The Morgan fingerprint density at radius 3 is 2.16 bits per heavy atom. The van der Waals surface area contributed by atoms with Gasteiger partial charge in [-0.3, -0.25) is 9.69 Å². The van der Waals surface area contributed by atoms with Crippen LogP contribution in [0.2, 0.25) is 18.1 Å². The molecule has 0 spiro atoms. The molecule has 0 bridgehead atoms. The van der Waals surface area contributed by atoms with Gasteiger partial charge in [-0.15, -0.1) is 5.12 Å². The molecule has 1 aromatic rings. The molecule has 0 radical (unpaired) electrons. The number of rotatable bonds is 4. The first-order chi connectivity index (χ1) is 14.0. The highest BCUT2D eigenvalue weighted by Gasteiger charge is 2.47. The van der Waals surface area contributed by atoms with Gasteiger partial charge in [-0.05, 0) is 85.8 Å². The smallest absolute Gasteiger partial charge is 0.411 e.